The Hall–Kier alpha value is -0.460. The quantitative estimate of drug-likeness (QED) is 0.541. The van der Waals surface area contributed by atoms with Crippen LogP contribution in [0, 0.1) is 0 Å². The predicted molar refractivity (Wildman–Crippen MR) is 65.9 cm³/mol. The van der Waals surface area contributed by atoms with E-state index in [0.717, 1.165) is 6.42 Å². The first-order valence-corrected chi connectivity index (χ1v) is 7.08. The number of carbonyl (C=O) groups is 1. The van der Waals surface area contributed by atoms with Crippen molar-refractivity contribution < 1.29 is 13.7 Å². The van der Waals surface area contributed by atoms with Gasteiger partial charge in [0.1, 0.15) is 0 Å². The van der Waals surface area contributed by atoms with Gasteiger partial charge in [-0.05, 0) is 19.9 Å². The average Bonchev–Trinajstić information content (AvgIpc) is 2.16. The van der Waals surface area contributed by atoms with Crippen LogP contribution >= 0.6 is 0 Å². The molecule has 0 aromatic rings. The van der Waals surface area contributed by atoms with E-state index < -0.39 is 10.8 Å². The number of hydrogen-bond donors (Lipinski definition) is 2. The fraction of sp³-hybridized carbons (Fsp3) is 0.900. The Labute approximate surface area is 99.8 Å². The molecule has 0 aromatic carbocycles. The smallest absolute Gasteiger partial charge is 0.234 e. The van der Waals surface area contributed by atoms with Gasteiger partial charge >= 0.3 is 0 Å². The van der Waals surface area contributed by atoms with Crippen LogP contribution in [0.1, 0.15) is 13.3 Å². The van der Waals surface area contributed by atoms with Crippen molar-refractivity contribution >= 4 is 16.7 Å². The second kappa shape index (κ2) is 9.74. The highest BCUT2D eigenvalue weighted by molar-refractivity contribution is 7.84. The minimum atomic E-state index is -0.749. The molecule has 0 aliphatic heterocycles. The third-order valence-corrected chi connectivity index (χ3v) is 2.76. The SMILES string of the molecule is COCC(C)NC(=O)CNCCCS(C)=O. The monoisotopic (exact) mass is 250 g/mol. The van der Waals surface area contributed by atoms with Crippen molar-refractivity contribution in [2.45, 2.75) is 19.4 Å². The van der Waals surface area contributed by atoms with Crippen molar-refractivity contribution in [3.05, 3.63) is 0 Å². The molecule has 0 bridgehead atoms. The van der Waals surface area contributed by atoms with Crippen LogP contribution in [0.3, 0.4) is 0 Å². The summed E-state index contributed by atoms with van der Waals surface area (Å²) in [6.45, 7) is 3.41. The zero-order chi connectivity index (χ0) is 12.4. The van der Waals surface area contributed by atoms with Crippen LogP contribution in [0.4, 0.5) is 0 Å². The maximum atomic E-state index is 11.3. The molecule has 0 fully saturated rings. The van der Waals surface area contributed by atoms with E-state index in [0.29, 0.717) is 25.4 Å². The second-order valence-corrected chi connectivity index (χ2v) is 5.29. The molecule has 2 atom stereocenters. The Kier molecular flexibility index (Phi) is 9.46. The molecule has 0 aromatic heterocycles. The van der Waals surface area contributed by atoms with Gasteiger partial charge in [0.05, 0.1) is 13.2 Å². The Morgan fingerprint density at radius 3 is 2.75 bits per heavy atom. The molecule has 5 nitrogen and oxygen atoms in total. The summed E-state index contributed by atoms with van der Waals surface area (Å²) in [4.78, 5) is 11.3. The van der Waals surface area contributed by atoms with Crippen LogP contribution in [0.25, 0.3) is 0 Å². The summed E-state index contributed by atoms with van der Waals surface area (Å²) in [5.41, 5.74) is 0. The van der Waals surface area contributed by atoms with E-state index >= 15 is 0 Å². The molecular weight excluding hydrogens is 228 g/mol. The van der Waals surface area contributed by atoms with E-state index in [1.54, 1.807) is 13.4 Å². The molecule has 0 saturated carbocycles. The van der Waals surface area contributed by atoms with E-state index in [1.165, 1.54) is 0 Å². The van der Waals surface area contributed by atoms with Gasteiger partial charge in [0.2, 0.25) is 5.91 Å². The third-order valence-electron chi connectivity index (χ3n) is 1.89. The predicted octanol–water partition coefficient (Wildman–Crippen LogP) is -0.504. The van der Waals surface area contributed by atoms with Crippen LogP contribution in [0.15, 0.2) is 0 Å². The molecule has 2 N–H and O–H groups in total. The molecule has 0 radical (unpaired) electrons. The summed E-state index contributed by atoms with van der Waals surface area (Å²) in [7, 11) is 0.854. The molecule has 16 heavy (non-hydrogen) atoms. The van der Waals surface area contributed by atoms with Crippen LogP contribution in [-0.2, 0) is 20.3 Å². The van der Waals surface area contributed by atoms with E-state index in [-0.39, 0.29) is 11.9 Å². The molecule has 0 heterocycles. The maximum Gasteiger partial charge on any atom is 0.234 e. The van der Waals surface area contributed by atoms with Crippen LogP contribution in [-0.4, -0.2) is 55.0 Å². The van der Waals surface area contributed by atoms with Gasteiger partial charge in [-0.2, -0.15) is 0 Å². The van der Waals surface area contributed by atoms with Gasteiger partial charge in [-0.25, -0.2) is 0 Å². The zero-order valence-electron chi connectivity index (χ0n) is 10.2. The Balaban J connectivity index is 3.40. The number of ether oxygens (including phenoxy) is 1. The summed E-state index contributed by atoms with van der Waals surface area (Å²) in [6.07, 6.45) is 2.50. The van der Waals surface area contributed by atoms with Crippen molar-refractivity contribution in [3.8, 4) is 0 Å². The lowest BCUT2D eigenvalue weighted by Crippen LogP contribution is -2.41. The third kappa shape index (κ3) is 10.1. The van der Waals surface area contributed by atoms with Gasteiger partial charge in [0, 0.05) is 36.0 Å². The molecule has 0 rings (SSSR count). The maximum absolute atomic E-state index is 11.3. The minimum absolute atomic E-state index is 0.0300. The molecule has 0 aliphatic rings. The second-order valence-electron chi connectivity index (χ2n) is 3.73. The summed E-state index contributed by atoms with van der Waals surface area (Å²) in [6, 6.07) is 0.0300. The topological polar surface area (TPSA) is 67.4 Å². The minimum Gasteiger partial charge on any atom is -0.383 e. The summed E-state index contributed by atoms with van der Waals surface area (Å²) in [5, 5.41) is 5.79. The Morgan fingerprint density at radius 1 is 1.50 bits per heavy atom. The number of rotatable bonds is 9. The number of nitrogens with one attached hydrogen (secondary N) is 2. The van der Waals surface area contributed by atoms with Gasteiger partial charge in [-0.15, -0.1) is 0 Å². The fourth-order valence-corrected chi connectivity index (χ4v) is 1.77. The first-order chi connectivity index (χ1) is 7.56. The normalized spacial score (nSPS) is 14.4. The summed E-state index contributed by atoms with van der Waals surface area (Å²) < 4.78 is 15.7. The van der Waals surface area contributed by atoms with Gasteiger partial charge in [-0.3, -0.25) is 9.00 Å². The molecule has 0 saturated heterocycles. The zero-order valence-corrected chi connectivity index (χ0v) is 11.1. The fourth-order valence-electron chi connectivity index (χ4n) is 1.22. The highest BCUT2D eigenvalue weighted by Crippen LogP contribution is 1.83. The Morgan fingerprint density at radius 2 is 2.19 bits per heavy atom. The van der Waals surface area contributed by atoms with Gasteiger partial charge in [-0.1, -0.05) is 0 Å². The summed E-state index contributed by atoms with van der Waals surface area (Å²) in [5.74, 6) is 0.636. The van der Waals surface area contributed by atoms with Crippen molar-refractivity contribution in [3.63, 3.8) is 0 Å². The highest BCUT2D eigenvalue weighted by atomic mass is 32.2. The highest BCUT2D eigenvalue weighted by Gasteiger charge is 2.05. The lowest BCUT2D eigenvalue weighted by atomic mass is 10.3. The summed E-state index contributed by atoms with van der Waals surface area (Å²) >= 11 is 0. The Bertz CT molecular complexity index is 224. The van der Waals surface area contributed by atoms with E-state index in [9.17, 15) is 9.00 Å². The van der Waals surface area contributed by atoms with Crippen LogP contribution in [0.5, 0.6) is 0 Å². The lowest BCUT2D eigenvalue weighted by molar-refractivity contribution is -0.121. The largest absolute Gasteiger partial charge is 0.383 e. The van der Waals surface area contributed by atoms with E-state index in [1.807, 2.05) is 6.92 Å². The van der Waals surface area contributed by atoms with Gasteiger partial charge < -0.3 is 15.4 Å². The number of amides is 1. The number of carbonyl (C=O) groups excluding carboxylic acids is 1. The van der Waals surface area contributed by atoms with Crippen molar-refractivity contribution in [2.24, 2.45) is 0 Å². The first-order valence-electron chi connectivity index (χ1n) is 5.35. The molecule has 96 valence electrons. The molecule has 1 amide bonds. The van der Waals surface area contributed by atoms with Gasteiger partial charge in [0.25, 0.3) is 0 Å². The number of hydrogen-bond acceptors (Lipinski definition) is 4. The first kappa shape index (κ1) is 15.5. The standard InChI is InChI=1S/C10H22N2O3S/c1-9(8-15-2)12-10(13)7-11-5-4-6-16(3)14/h9,11H,4-8H2,1-3H3,(H,12,13). The van der Waals surface area contributed by atoms with E-state index in [2.05, 4.69) is 10.6 Å². The molecule has 0 aliphatic carbocycles. The molecular formula is C10H22N2O3S. The molecule has 2 unspecified atom stereocenters. The molecule has 6 heteroatoms. The van der Waals surface area contributed by atoms with Crippen LogP contribution in [0.2, 0.25) is 0 Å². The van der Waals surface area contributed by atoms with E-state index in [4.69, 9.17) is 4.74 Å². The molecule has 0 spiro atoms. The van der Waals surface area contributed by atoms with Crippen molar-refractivity contribution in [1.82, 2.24) is 10.6 Å². The van der Waals surface area contributed by atoms with Gasteiger partial charge in [0.15, 0.2) is 0 Å². The lowest BCUT2D eigenvalue weighted by Gasteiger charge is -2.12. The average molecular weight is 250 g/mol. The van der Waals surface area contributed by atoms with Crippen LogP contribution < -0.4 is 10.6 Å². The van der Waals surface area contributed by atoms with Crippen molar-refractivity contribution in [2.75, 3.05) is 38.8 Å². The van der Waals surface area contributed by atoms with Crippen molar-refractivity contribution in [1.29, 1.82) is 0 Å². The number of methoxy groups -OCH3 is 1.